The molecule has 4 nitrogen and oxygen atoms in total. The quantitative estimate of drug-likeness (QED) is 0.832. The average molecular weight is 360 g/mol. The van der Waals surface area contributed by atoms with Crippen LogP contribution in [-0.4, -0.2) is 25.6 Å². The second-order valence-corrected chi connectivity index (χ2v) is 6.86. The van der Waals surface area contributed by atoms with Crippen LogP contribution in [-0.2, 0) is 11.3 Å². The molecule has 2 aromatic carbocycles. The standard InChI is InChI=1S/C20H23ClN2O2/c21-18-6-2-3-7-19(18)25-15-20(24)22-17-10-8-16(9-11-17)14-23-12-4-1-5-13-23/h2-3,6-11H,1,4-5,12-15H2,(H,22,24)/p+1. The molecule has 1 saturated heterocycles. The Bertz CT molecular complexity index is 697. The normalized spacial score (nSPS) is 14.9. The Labute approximate surface area is 153 Å². The number of nitrogens with one attached hydrogen (secondary N) is 2. The number of likely N-dealkylation sites (tertiary alicyclic amines) is 1. The van der Waals surface area contributed by atoms with Crippen LogP contribution in [0.5, 0.6) is 5.75 Å². The molecule has 0 bridgehead atoms. The highest BCUT2D eigenvalue weighted by Crippen LogP contribution is 2.22. The van der Waals surface area contributed by atoms with Crippen molar-refractivity contribution in [2.45, 2.75) is 25.8 Å². The number of hydrogen-bond donors (Lipinski definition) is 2. The van der Waals surface area contributed by atoms with Crippen LogP contribution >= 0.6 is 11.6 Å². The predicted octanol–water partition coefficient (Wildman–Crippen LogP) is 2.93. The van der Waals surface area contributed by atoms with E-state index in [0.29, 0.717) is 10.8 Å². The van der Waals surface area contributed by atoms with E-state index in [4.69, 9.17) is 16.3 Å². The number of anilines is 1. The maximum absolute atomic E-state index is 12.0. The molecule has 132 valence electrons. The summed E-state index contributed by atoms with van der Waals surface area (Å²) in [5.74, 6) is 0.313. The highest BCUT2D eigenvalue weighted by atomic mass is 35.5. The second-order valence-electron chi connectivity index (χ2n) is 6.45. The van der Waals surface area contributed by atoms with Crippen molar-refractivity contribution in [2.75, 3.05) is 25.0 Å². The van der Waals surface area contributed by atoms with Gasteiger partial charge in [0.15, 0.2) is 6.61 Å². The fraction of sp³-hybridized carbons (Fsp3) is 0.350. The summed E-state index contributed by atoms with van der Waals surface area (Å²) in [6, 6.07) is 15.2. The van der Waals surface area contributed by atoms with Crippen LogP contribution in [0, 0.1) is 0 Å². The zero-order valence-corrected chi connectivity index (χ0v) is 15.0. The largest absolute Gasteiger partial charge is 0.482 e. The van der Waals surface area contributed by atoms with Crippen LogP contribution in [0.1, 0.15) is 24.8 Å². The van der Waals surface area contributed by atoms with Gasteiger partial charge in [0, 0.05) is 11.3 Å². The van der Waals surface area contributed by atoms with Crippen molar-refractivity contribution in [3.8, 4) is 5.75 Å². The van der Waals surface area contributed by atoms with Gasteiger partial charge in [0.05, 0.1) is 18.1 Å². The van der Waals surface area contributed by atoms with Crippen molar-refractivity contribution < 1.29 is 14.4 Å². The molecule has 0 saturated carbocycles. The van der Waals surface area contributed by atoms with Crippen molar-refractivity contribution in [1.82, 2.24) is 0 Å². The Morgan fingerprint density at radius 3 is 2.48 bits per heavy atom. The van der Waals surface area contributed by atoms with Crippen molar-refractivity contribution in [2.24, 2.45) is 0 Å². The van der Waals surface area contributed by atoms with E-state index in [-0.39, 0.29) is 12.5 Å². The average Bonchev–Trinajstić information content (AvgIpc) is 2.64. The van der Waals surface area contributed by atoms with Crippen molar-refractivity contribution in [3.63, 3.8) is 0 Å². The molecule has 1 amide bonds. The van der Waals surface area contributed by atoms with Crippen molar-refractivity contribution >= 4 is 23.2 Å². The zero-order chi connectivity index (χ0) is 17.5. The molecule has 2 N–H and O–H groups in total. The van der Waals surface area contributed by atoms with Gasteiger partial charge in [-0.25, -0.2) is 0 Å². The molecule has 0 atom stereocenters. The maximum atomic E-state index is 12.0. The van der Waals surface area contributed by atoms with Gasteiger partial charge in [0.2, 0.25) is 0 Å². The van der Waals surface area contributed by atoms with E-state index in [1.165, 1.54) is 37.9 Å². The minimum atomic E-state index is -0.200. The summed E-state index contributed by atoms with van der Waals surface area (Å²) in [6.45, 7) is 3.52. The number of carbonyl (C=O) groups is 1. The first-order valence-electron chi connectivity index (χ1n) is 8.80. The van der Waals surface area contributed by atoms with Gasteiger partial charge in [-0.05, 0) is 43.5 Å². The molecular weight excluding hydrogens is 336 g/mol. The summed E-state index contributed by atoms with van der Waals surface area (Å²) >= 11 is 6.01. The fourth-order valence-corrected chi connectivity index (χ4v) is 3.32. The molecule has 25 heavy (non-hydrogen) atoms. The van der Waals surface area contributed by atoms with Gasteiger partial charge in [0.25, 0.3) is 5.91 Å². The highest BCUT2D eigenvalue weighted by Gasteiger charge is 2.13. The molecule has 1 aliphatic heterocycles. The summed E-state index contributed by atoms with van der Waals surface area (Å²) in [5, 5.41) is 3.35. The number of quaternary nitrogens is 1. The van der Waals surface area contributed by atoms with E-state index in [9.17, 15) is 4.79 Å². The molecule has 5 heteroatoms. The topological polar surface area (TPSA) is 42.8 Å². The molecular formula is C20H24ClN2O2+. The zero-order valence-electron chi connectivity index (χ0n) is 14.3. The molecule has 0 unspecified atom stereocenters. The Balaban J connectivity index is 1.47. The van der Waals surface area contributed by atoms with Crippen LogP contribution < -0.4 is 15.0 Å². The Morgan fingerprint density at radius 1 is 1.04 bits per heavy atom. The number of hydrogen-bond acceptors (Lipinski definition) is 2. The van der Waals surface area contributed by atoms with Gasteiger partial charge in [-0.1, -0.05) is 35.9 Å². The van der Waals surface area contributed by atoms with E-state index in [0.717, 1.165) is 12.2 Å². The Hall–Kier alpha value is -2.04. The fourth-order valence-electron chi connectivity index (χ4n) is 3.13. The third-order valence-electron chi connectivity index (χ3n) is 4.45. The molecule has 0 radical (unpaired) electrons. The van der Waals surface area contributed by atoms with Crippen molar-refractivity contribution in [1.29, 1.82) is 0 Å². The number of halogens is 1. The summed E-state index contributed by atoms with van der Waals surface area (Å²) in [4.78, 5) is 13.7. The van der Waals surface area contributed by atoms with Gasteiger partial charge in [-0.2, -0.15) is 0 Å². The molecule has 0 spiro atoms. The first kappa shape index (κ1) is 17.8. The van der Waals surface area contributed by atoms with Crippen LogP contribution in [0.4, 0.5) is 5.69 Å². The Kier molecular flexibility index (Phi) is 6.31. The smallest absolute Gasteiger partial charge is 0.262 e. The first-order valence-corrected chi connectivity index (χ1v) is 9.18. The summed E-state index contributed by atoms with van der Waals surface area (Å²) in [7, 11) is 0. The predicted molar refractivity (Wildman–Crippen MR) is 100 cm³/mol. The maximum Gasteiger partial charge on any atom is 0.262 e. The van der Waals surface area contributed by atoms with Crippen molar-refractivity contribution in [3.05, 3.63) is 59.1 Å². The second kappa shape index (κ2) is 8.88. The van der Waals surface area contributed by atoms with E-state index in [2.05, 4.69) is 17.4 Å². The molecule has 3 rings (SSSR count). The van der Waals surface area contributed by atoms with E-state index in [1.54, 1.807) is 17.0 Å². The van der Waals surface area contributed by atoms with E-state index < -0.39 is 0 Å². The third kappa shape index (κ3) is 5.48. The van der Waals surface area contributed by atoms with Crippen LogP contribution in [0.2, 0.25) is 5.02 Å². The minimum absolute atomic E-state index is 0.0661. The third-order valence-corrected chi connectivity index (χ3v) is 4.76. The van der Waals surface area contributed by atoms with E-state index in [1.807, 2.05) is 24.3 Å². The number of amides is 1. The van der Waals surface area contributed by atoms with Crippen LogP contribution in [0.3, 0.4) is 0 Å². The first-order chi connectivity index (χ1) is 12.2. The number of piperidine rings is 1. The van der Waals surface area contributed by atoms with Crippen LogP contribution in [0.15, 0.2) is 48.5 Å². The summed E-state index contributed by atoms with van der Waals surface area (Å²) in [5.41, 5.74) is 2.09. The molecule has 2 aromatic rings. The van der Waals surface area contributed by atoms with Crippen LogP contribution in [0.25, 0.3) is 0 Å². The lowest BCUT2D eigenvalue weighted by Gasteiger charge is -2.23. The molecule has 0 aliphatic carbocycles. The number of carbonyl (C=O) groups excluding carboxylic acids is 1. The molecule has 1 aliphatic rings. The molecule has 0 aromatic heterocycles. The van der Waals surface area contributed by atoms with Gasteiger partial charge in [-0.15, -0.1) is 0 Å². The number of benzene rings is 2. The number of ether oxygens (including phenoxy) is 1. The van der Waals surface area contributed by atoms with Gasteiger partial charge in [0.1, 0.15) is 12.3 Å². The molecule has 1 heterocycles. The highest BCUT2D eigenvalue weighted by molar-refractivity contribution is 6.32. The Morgan fingerprint density at radius 2 is 1.76 bits per heavy atom. The minimum Gasteiger partial charge on any atom is -0.482 e. The molecule has 1 fully saturated rings. The summed E-state index contributed by atoms with van der Waals surface area (Å²) < 4.78 is 5.45. The number of rotatable bonds is 6. The van der Waals surface area contributed by atoms with E-state index >= 15 is 0 Å². The lowest BCUT2D eigenvalue weighted by atomic mass is 10.1. The SMILES string of the molecule is O=C(COc1ccccc1Cl)Nc1ccc(C[NH+]2CCCCC2)cc1. The number of para-hydroxylation sites is 1. The monoisotopic (exact) mass is 359 g/mol. The van der Waals surface area contributed by atoms with Gasteiger partial charge < -0.3 is 15.0 Å². The van der Waals surface area contributed by atoms with Gasteiger partial charge in [-0.3, -0.25) is 4.79 Å². The lowest BCUT2D eigenvalue weighted by molar-refractivity contribution is -0.918. The summed E-state index contributed by atoms with van der Waals surface area (Å²) in [6.07, 6.45) is 4.02. The lowest BCUT2D eigenvalue weighted by Crippen LogP contribution is -3.11. The van der Waals surface area contributed by atoms with Gasteiger partial charge >= 0.3 is 0 Å².